The van der Waals surface area contributed by atoms with E-state index in [9.17, 15) is 9.59 Å². The van der Waals surface area contributed by atoms with Crippen molar-refractivity contribution in [1.29, 1.82) is 0 Å². The molecule has 2 aromatic carbocycles. The topological polar surface area (TPSA) is 52.6 Å². The fourth-order valence-electron chi connectivity index (χ4n) is 2.50. The molecule has 0 radical (unpaired) electrons. The summed E-state index contributed by atoms with van der Waals surface area (Å²) in [6.07, 6.45) is 1.34. The SMILES string of the molecule is C=C(C)C(=O)OCCc1ccc(-c2ccc(CCOC(=O)C(=C)C)cc2)cc1. The van der Waals surface area contributed by atoms with Crippen molar-refractivity contribution in [2.75, 3.05) is 13.2 Å². The zero-order valence-corrected chi connectivity index (χ0v) is 16.5. The molecule has 0 N–H and O–H groups in total. The zero-order valence-electron chi connectivity index (χ0n) is 16.5. The van der Waals surface area contributed by atoms with Crippen LogP contribution in [-0.2, 0) is 31.9 Å². The van der Waals surface area contributed by atoms with E-state index in [0.29, 0.717) is 37.2 Å². The summed E-state index contributed by atoms with van der Waals surface area (Å²) in [4.78, 5) is 22.8. The summed E-state index contributed by atoms with van der Waals surface area (Å²) < 4.78 is 10.2. The van der Waals surface area contributed by atoms with E-state index in [1.807, 2.05) is 24.3 Å². The lowest BCUT2D eigenvalue weighted by molar-refractivity contribution is -0.139. The van der Waals surface area contributed by atoms with Gasteiger partial charge in [-0.2, -0.15) is 0 Å². The molecule has 2 rings (SSSR count). The van der Waals surface area contributed by atoms with Crippen molar-refractivity contribution >= 4 is 11.9 Å². The Bertz CT molecular complexity index is 772. The van der Waals surface area contributed by atoms with Gasteiger partial charge in [-0.3, -0.25) is 0 Å². The van der Waals surface area contributed by atoms with Gasteiger partial charge in [0.2, 0.25) is 0 Å². The molecule has 0 atom stereocenters. The maximum atomic E-state index is 11.4. The van der Waals surface area contributed by atoms with Gasteiger partial charge in [0.1, 0.15) is 0 Å². The summed E-state index contributed by atoms with van der Waals surface area (Å²) in [6, 6.07) is 16.4. The van der Waals surface area contributed by atoms with Gasteiger partial charge in [0.25, 0.3) is 0 Å². The van der Waals surface area contributed by atoms with Gasteiger partial charge in [-0.05, 0) is 36.1 Å². The monoisotopic (exact) mass is 378 g/mol. The summed E-state index contributed by atoms with van der Waals surface area (Å²) >= 11 is 0. The molecule has 0 amide bonds. The van der Waals surface area contributed by atoms with Crippen molar-refractivity contribution < 1.29 is 19.1 Å². The Labute approximate surface area is 166 Å². The minimum atomic E-state index is -0.355. The molecular formula is C24H26O4. The van der Waals surface area contributed by atoms with Crippen LogP contribution in [0.3, 0.4) is 0 Å². The molecule has 0 saturated carbocycles. The summed E-state index contributed by atoms with van der Waals surface area (Å²) in [5, 5.41) is 0. The van der Waals surface area contributed by atoms with Gasteiger partial charge in [-0.1, -0.05) is 61.7 Å². The molecule has 0 fully saturated rings. The van der Waals surface area contributed by atoms with Crippen LogP contribution in [0.15, 0.2) is 72.8 Å². The highest BCUT2D eigenvalue weighted by atomic mass is 16.5. The Hall–Kier alpha value is -3.14. The highest BCUT2D eigenvalue weighted by molar-refractivity contribution is 5.87. The van der Waals surface area contributed by atoms with E-state index in [1.54, 1.807) is 13.8 Å². The van der Waals surface area contributed by atoms with Crippen LogP contribution in [0, 0.1) is 0 Å². The van der Waals surface area contributed by atoms with Crippen LogP contribution in [0.25, 0.3) is 11.1 Å². The summed E-state index contributed by atoms with van der Waals surface area (Å²) in [5.74, 6) is -0.711. The second-order valence-electron chi connectivity index (χ2n) is 6.73. The molecule has 4 nitrogen and oxygen atoms in total. The highest BCUT2D eigenvalue weighted by Gasteiger charge is 2.05. The Balaban J connectivity index is 1.86. The van der Waals surface area contributed by atoms with E-state index in [0.717, 1.165) is 22.3 Å². The molecule has 0 saturated heterocycles. The molecule has 0 aliphatic rings. The number of benzene rings is 2. The van der Waals surface area contributed by atoms with Crippen molar-refractivity contribution in [3.05, 3.63) is 84.0 Å². The Kier molecular flexibility index (Phi) is 7.76. The van der Waals surface area contributed by atoms with Gasteiger partial charge in [0.05, 0.1) is 13.2 Å². The predicted molar refractivity (Wildman–Crippen MR) is 111 cm³/mol. The Morgan fingerprint density at radius 3 is 1.29 bits per heavy atom. The predicted octanol–water partition coefficient (Wildman–Crippen LogP) is 4.68. The minimum absolute atomic E-state index is 0.343. The molecule has 0 aliphatic carbocycles. The molecule has 0 bridgehead atoms. The lowest BCUT2D eigenvalue weighted by Gasteiger charge is -2.08. The number of hydrogen-bond acceptors (Lipinski definition) is 4. The lowest BCUT2D eigenvalue weighted by atomic mass is 10.0. The third kappa shape index (κ3) is 6.54. The smallest absolute Gasteiger partial charge is 0.333 e. The number of carbonyl (C=O) groups excluding carboxylic acids is 2. The van der Waals surface area contributed by atoms with E-state index in [2.05, 4.69) is 37.4 Å². The normalized spacial score (nSPS) is 10.2. The number of ether oxygens (including phenoxy) is 2. The lowest BCUT2D eigenvalue weighted by Crippen LogP contribution is -2.08. The van der Waals surface area contributed by atoms with Crippen molar-refractivity contribution in [2.45, 2.75) is 26.7 Å². The summed E-state index contributed by atoms with van der Waals surface area (Å²) in [5.41, 5.74) is 5.26. The van der Waals surface area contributed by atoms with Gasteiger partial charge in [0, 0.05) is 24.0 Å². The van der Waals surface area contributed by atoms with Crippen molar-refractivity contribution in [2.24, 2.45) is 0 Å². The third-order valence-corrected chi connectivity index (χ3v) is 4.19. The van der Waals surface area contributed by atoms with Crippen LogP contribution in [-0.4, -0.2) is 25.2 Å². The highest BCUT2D eigenvalue weighted by Crippen LogP contribution is 2.21. The number of esters is 2. The van der Waals surface area contributed by atoms with Gasteiger partial charge in [-0.25, -0.2) is 9.59 Å². The third-order valence-electron chi connectivity index (χ3n) is 4.19. The quantitative estimate of drug-likeness (QED) is 0.470. The summed E-state index contributed by atoms with van der Waals surface area (Å²) in [7, 11) is 0. The average Bonchev–Trinajstić information content (AvgIpc) is 2.68. The van der Waals surface area contributed by atoms with E-state index in [4.69, 9.17) is 9.47 Å². The Morgan fingerprint density at radius 1 is 0.679 bits per heavy atom. The first-order chi connectivity index (χ1) is 13.4. The van der Waals surface area contributed by atoms with Crippen LogP contribution >= 0.6 is 0 Å². The van der Waals surface area contributed by atoms with Crippen LogP contribution in [0.4, 0.5) is 0 Å². The van der Waals surface area contributed by atoms with E-state index < -0.39 is 0 Å². The first kappa shape index (κ1) is 21.2. The van der Waals surface area contributed by atoms with Gasteiger partial charge in [-0.15, -0.1) is 0 Å². The second kappa shape index (κ2) is 10.3. The average molecular weight is 378 g/mol. The van der Waals surface area contributed by atoms with Crippen LogP contribution in [0.5, 0.6) is 0 Å². The maximum Gasteiger partial charge on any atom is 0.333 e. The molecule has 0 spiro atoms. The number of rotatable bonds is 9. The van der Waals surface area contributed by atoms with Gasteiger partial charge < -0.3 is 9.47 Å². The van der Waals surface area contributed by atoms with Crippen LogP contribution < -0.4 is 0 Å². The first-order valence-electron chi connectivity index (χ1n) is 9.20. The molecule has 0 aromatic heterocycles. The molecule has 0 aliphatic heterocycles. The number of carbonyl (C=O) groups is 2. The molecule has 0 heterocycles. The molecular weight excluding hydrogens is 352 g/mol. The molecule has 4 heteroatoms. The fraction of sp³-hybridized carbons (Fsp3) is 0.250. The van der Waals surface area contributed by atoms with Crippen molar-refractivity contribution in [3.8, 4) is 11.1 Å². The van der Waals surface area contributed by atoms with Crippen molar-refractivity contribution in [3.63, 3.8) is 0 Å². The van der Waals surface area contributed by atoms with E-state index in [1.165, 1.54) is 0 Å². The van der Waals surface area contributed by atoms with Crippen molar-refractivity contribution in [1.82, 2.24) is 0 Å². The van der Waals surface area contributed by atoms with Crippen LogP contribution in [0.1, 0.15) is 25.0 Å². The second-order valence-corrected chi connectivity index (χ2v) is 6.73. The van der Waals surface area contributed by atoms with E-state index in [-0.39, 0.29) is 11.9 Å². The molecule has 2 aromatic rings. The molecule has 146 valence electrons. The van der Waals surface area contributed by atoms with Gasteiger partial charge in [0.15, 0.2) is 0 Å². The van der Waals surface area contributed by atoms with E-state index >= 15 is 0 Å². The fourth-order valence-corrected chi connectivity index (χ4v) is 2.50. The summed E-state index contributed by atoms with van der Waals surface area (Å²) in [6.45, 7) is 11.1. The Morgan fingerprint density at radius 2 is 1.00 bits per heavy atom. The first-order valence-corrected chi connectivity index (χ1v) is 9.20. The zero-order chi connectivity index (χ0) is 20.5. The molecule has 0 unspecified atom stereocenters. The maximum absolute atomic E-state index is 11.4. The van der Waals surface area contributed by atoms with Gasteiger partial charge >= 0.3 is 11.9 Å². The number of hydrogen-bond donors (Lipinski definition) is 0. The van der Waals surface area contributed by atoms with Crippen LogP contribution in [0.2, 0.25) is 0 Å². The largest absolute Gasteiger partial charge is 0.462 e. The minimum Gasteiger partial charge on any atom is -0.462 e. The standard InChI is InChI=1S/C24H26O4/c1-17(2)23(25)27-15-13-19-5-9-21(10-6-19)22-11-7-20(8-12-22)14-16-28-24(26)18(3)4/h5-12H,1,3,13-16H2,2,4H3. The molecule has 28 heavy (non-hydrogen) atoms.